The average molecular weight is 170 g/mol. The zero-order chi connectivity index (χ0) is 8.27. The topological polar surface area (TPSA) is 26.3 Å². The second kappa shape index (κ2) is 3.53. The predicted molar refractivity (Wildman–Crippen MR) is 45.5 cm³/mol. The van der Waals surface area contributed by atoms with Gasteiger partial charge >= 0.3 is 0 Å². The summed E-state index contributed by atoms with van der Waals surface area (Å²) < 4.78 is 5.35. The van der Waals surface area contributed by atoms with E-state index in [0.717, 1.165) is 12.0 Å². The highest BCUT2D eigenvalue weighted by Crippen LogP contribution is 2.20. The molecule has 0 amide bonds. The molecule has 1 heterocycles. The number of hydrogen-bond acceptors (Lipinski definition) is 3. The lowest BCUT2D eigenvalue weighted by atomic mass is 10.4. The normalized spacial score (nSPS) is 10.1. The molecular formula is C8H10O2S. The van der Waals surface area contributed by atoms with Crippen LogP contribution in [0.3, 0.4) is 0 Å². The van der Waals surface area contributed by atoms with Crippen molar-refractivity contribution >= 4 is 17.6 Å². The van der Waals surface area contributed by atoms with Gasteiger partial charge in [0.25, 0.3) is 0 Å². The molecule has 0 aromatic carbocycles. The van der Waals surface area contributed by atoms with Gasteiger partial charge in [0.15, 0.2) is 6.29 Å². The van der Waals surface area contributed by atoms with Crippen molar-refractivity contribution in [1.82, 2.24) is 0 Å². The second-order valence-electron chi connectivity index (χ2n) is 2.47. The van der Waals surface area contributed by atoms with Crippen LogP contribution in [0.1, 0.15) is 23.5 Å². The quantitative estimate of drug-likeness (QED) is 0.651. The van der Waals surface area contributed by atoms with E-state index in [1.807, 2.05) is 19.2 Å². The molecule has 1 aromatic rings. The van der Waals surface area contributed by atoms with Crippen molar-refractivity contribution < 1.29 is 9.53 Å². The van der Waals surface area contributed by atoms with Gasteiger partial charge in [0.05, 0.1) is 11.0 Å². The number of carbonyl (C=O) groups excluding carboxylic acids is 1. The van der Waals surface area contributed by atoms with Crippen LogP contribution in [0.5, 0.6) is 5.75 Å². The molecule has 0 saturated heterocycles. The second-order valence-corrected chi connectivity index (χ2v) is 3.41. The third kappa shape index (κ3) is 2.35. The average Bonchev–Trinajstić information content (AvgIpc) is 2.34. The Hall–Kier alpha value is -0.830. The number of aldehydes is 1. The van der Waals surface area contributed by atoms with Crippen molar-refractivity contribution in [2.75, 3.05) is 0 Å². The highest BCUT2D eigenvalue weighted by Gasteiger charge is 2.00. The molecule has 0 unspecified atom stereocenters. The van der Waals surface area contributed by atoms with E-state index in [0.29, 0.717) is 4.88 Å². The Morgan fingerprint density at radius 1 is 1.64 bits per heavy atom. The number of carbonyl (C=O) groups is 1. The van der Waals surface area contributed by atoms with Crippen LogP contribution < -0.4 is 4.74 Å². The zero-order valence-corrected chi connectivity index (χ0v) is 7.35. The van der Waals surface area contributed by atoms with Gasteiger partial charge in [-0.25, -0.2) is 0 Å². The molecule has 0 atom stereocenters. The summed E-state index contributed by atoms with van der Waals surface area (Å²) in [4.78, 5) is 11.0. The van der Waals surface area contributed by atoms with Gasteiger partial charge in [-0.15, -0.1) is 11.3 Å². The molecule has 0 N–H and O–H groups in total. The molecule has 0 radical (unpaired) electrons. The van der Waals surface area contributed by atoms with Crippen LogP contribution in [0.25, 0.3) is 0 Å². The highest BCUT2D eigenvalue weighted by molar-refractivity contribution is 7.11. The van der Waals surface area contributed by atoms with Gasteiger partial charge in [0.2, 0.25) is 0 Å². The zero-order valence-electron chi connectivity index (χ0n) is 6.53. The van der Waals surface area contributed by atoms with Crippen LogP contribution in [-0.2, 0) is 0 Å². The molecule has 3 heteroatoms. The number of thiophene rings is 1. The molecular weight excluding hydrogens is 160 g/mol. The Balaban J connectivity index is 2.65. The van der Waals surface area contributed by atoms with Gasteiger partial charge in [-0.3, -0.25) is 4.79 Å². The molecule has 0 fully saturated rings. The summed E-state index contributed by atoms with van der Waals surface area (Å²) in [6.45, 7) is 3.91. The summed E-state index contributed by atoms with van der Waals surface area (Å²) in [5, 5.41) is 1.84. The van der Waals surface area contributed by atoms with Crippen molar-refractivity contribution in [1.29, 1.82) is 0 Å². The lowest BCUT2D eigenvalue weighted by molar-refractivity contribution is 0.112. The van der Waals surface area contributed by atoms with Crippen molar-refractivity contribution in [3.05, 3.63) is 16.3 Å². The van der Waals surface area contributed by atoms with Crippen LogP contribution in [0.4, 0.5) is 0 Å². The van der Waals surface area contributed by atoms with E-state index in [1.165, 1.54) is 11.3 Å². The Bertz CT molecular complexity index is 240. The maximum Gasteiger partial charge on any atom is 0.160 e. The molecule has 0 aliphatic carbocycles. The van der Waals surface area contributed by atoms with Crippen LogP contribution >= 0.6 is 11.3 Å². The van der Waals surface area contributed by atoms with Gasteiger partial charge in [0.1, 0.15) is 5.75 Å². The molecule has 2 nitrogen and oxygen atoms in total. The molecule has 0 aliphatic heterocycles. The fourth-order valence-electron chi connectivity index (χ4n) is 0.730. The van der Waals surface area contributed by atoms with E-state index >= 15 is 0 Å². The third-order valence-electron chi connectivity index (χ3n) is 1.08. The molecule has 0 saturated carbocycles. The largest absolute Gasteiger partial charge is 0.490 e. The first-order chi connectivity index (χ1) is 5.22. The summed E-state index contributed by atoms with van der Waals surface area (Å²) in [7, 11) is 0. The Labute approximate surface area is 69.8 Å². The SMILES string of the molecule is CC(C)Oc1csc(C=O)c1. The molecule has 60 valence electrons. The summed E-state index contributed by atoms with van der Waals surface area (Å²) in [5.74, 6) is 0.784. The van der Waals surface area contributed by atoms with Crippen molar-refractivity contribution in [2.45, 2.75) is 20.0 Å². The fourth-order valence-corrected chi connectivity index (χ4v) is 1.35. The van der Waals surface area contributed by atoms with Gasteiger partial charge in [-0.05, 0) is 13.8 Å². The third-order valence-corrected chi connectivity index (χ3v) is 1.92. The van der Waals surface area contributed by atoms with Crippen LogP contribution in [0, 0.1) is 0 Å². The van der Waals surface area contributed by atoms with E-state index in [1.54, 1.807) is 6.07 Å². The minimum absolute atomic E-state index is 0.170. The molecule has 0 spiro atoms. The van der Waals surface area contributed by atoms with Crippen molar-refractivity contribution in [3.63, 3.8) is 0 Å². The lowest BCUT2D eigenvalue weighted by Crippen LogP contribution is -2.04. The maximum atomic E-state index is 10.3. The number of rotatable bonds is 3. The highest BCUT2D eigenvalue weighted by atomic mass is 32.1. The molecule has 1 rings (SSSR count). The molecule has 0 aliphatic rings. The first-order valence-electron chi connectivity index (χ1n) is 3.42. The Morgan fingerprint density at radius 3 is 2.82 bits per heavy atom. The van der Waals surface area contributed by atoms with E-state index < -0.39 is 0 Å². The van der Waals surface area contributed by atoms with Gasteiger partial charge in [-0.1, -0.05) is 0 Å². The van der Waals surface area contributed by atoms with Crippen LogP contribution in [0.15, 0.2) is 11.4 Å². The Morgan fingerprint density at radius 2 is 2.36 bits per heavy atom. The van der Waals surface area contributed by atoms with E-state index in [4.69, 9.17) is 4.74 Å². The molecule has 11 heavy (non-hydrogen) atoms. The minimum Gasteiger partial charge on any atom is -0.490 e. The number of ether oxygens (including phenoxy) is 1. The van der Waals surface area contributed by atoms with Crippen LogP contribution in [0.2, 0.25) is 0 Å². The van der Waals surface area contributed by atoms with E-state index in [2.05, 4.69) is 0 Å². The molecule has 1 aromatic heterocycles. The monoisotopic (exact) mass is 170 g/mol. The summed E-state index contributed by atoms with van der Waals surface area (Å²) in [6.07, 6.45) is 1.00. The van der Waals surface area contributed by atoms with Gasteiger partial charge < -0.3 is 4.74 Å². The summed E-state index contributed by atoms with van der Waals surface area (Å²) in [5.41, 5.74) is 0. The first kappa shape index (κ1) is 8.27. The smallest absolute Gasteiger partial charge is 0.160 e. The lowest BCUT2D eigenvalue weighted by Gasteiger charge is -2.05. The van der Waals surface area contributed by atoms with Crippen molar-refractivity contribution in [3.8, 4) is 5.75 Å². The number of hydrogen-bond donors (Lipinski definition) is 0. The predicted octanol–water partition coefficient (Wildman–Crippen LogP) is 2.35. The summed E-state index contributed by atoms with van der Waals surface area (Å²) in [6, 6.07) is 1.75. The van der Waals surface area contributed by atoms with Crippen molar-refractivity contribution in [2.24, 2.45) is 0 Å². The summed E-state index contributed by atoms with van der Waals surface area (Å²) >= 11 is 1.40. The van der Waals surface area contributed by atoms with E-state index in [9.17, 15) is 4.79 Å². The van der Waals surface area contributed by atoms with Gasteiger partial charge in [-0.2, -0.15) is 0 Å². The van der Waals surface area contributed by atoms with Gasteiger partial charge in [0, 0.05) is 11.4 Å². The fraction of sp³-hybridized carbons (Fsp3) is 0.375. The first-order valence-corrected chi connectivity index (χ1v) is 4.30. The standard InChI is InChI=1S/C8H10O2S/c1-6(2)10-7-3-8(4-9)11-5-7/h3-6H,1-2H3. The maximum absolute atomic E-state index is 10.3. The Kier molecular flexibility index (Phi) is 2.65. The minimum atomic E-state index is 0.170. The molecule has 0 bridgehead atoms. The van der Waals surface area contributed by atoms with Crippen LogP contribution in [-0.4, -0.2) is 12.4 Å². The van der Waals surface area contributed by atoms with E-state index in [-0.39, 0.29) is 6.10 Å².